The van der Waals surface area contributed by atoms with Crippen LogP contribution in [0.15, 0.2) is 54.6 Å². The van der Waals surface area contributed by atoms with E-state index < -0.39 is 0 Å². The molecule has 0 radical (unpaired) electrons. The van der Waals surface area contributed by atoms with Gasteiger partial charge < -0.3 is 5.32 Å². The molecule has 1 nitrogen and oxygen atoms in total. The van der Waals surface area contributed by atoms with Crippen molar-refractivity contribution in [1.29, 1.82) is 0 Å². The van der Waals surface area contributed by atoms with Crippen molar-refractivity contribution in [3.05, 3.63) is 71.3 Å². The zero-order valence-electron chi connectivity index (χ0n) is 12.2. The van der Waals surface area contributed by atoms with E-state index in [4.69, 9.17) is 0 Å². The molecule has 20 heavy (non-hydrogen) atoms. The first kappa shape index (κ1) is 13.4. The molecule has 1 aliphatic rings. The molecule has 0 spiro atoms. The summed E-state index contributed by atoms with van der Waals surface area (Å²) < 4.78 is 0. The van der Waals surface area contributed by atoms with Crippen molar-refractivity contribution in [2.24, 2.45) is 5.92 Å². The van der Waals surface area contributed by atoms with Crippen LogP contribution in [0.5, 0.6) is 0 Å². The van der Waals surface area contributed by atoms with Crippen LogP contribution < -0.4 is 5.32 Å². The van der Waals surface area contributed by atoms with Gasteiger partial charge in [0.2, 0.25) is 0 Å². The van der Waals surface area contributed by atoms with Crippen LogP contribution in [0.1, 0.15) is 42.0 Å². The molecule has 1 atom stereocenters. The smallest absolute Gasteiger partial charge is 0.0346 e. The van der Waals surface area contributed by atoms with E-state index in [1.807, 2.05) is 0 Å². The van der Waals surface area contributed by atoms with Gasteiger partial charge in [-0.1, -0.05) is 61.0 Å². The predicted molar refractivity (Wildman–Crippen MR) is 84.8 cm³/mol. The Morgan fingerprint density at radius 2 is 1.60 bits per heavy atom. The van der Waals surface area contributed by atoms with E-state index in [0.717, 1.165) is 12.3 Å². The highest BCUT2D eigenvalue weighted by molar-refractivity contribution is 5.30. The second-order valence-corrected chi connectivity index (χ2v) is 5.86. The third kappa shape index (κ3) is 2.94. The van der Waals surface area contributed by atoms with Crippen LogP contribution in [0.2, 0.25) is 0 Å². The first-order valence-corrected chi connectivity index (χ1v) is 7.67. The molecular formula is C19H23N. The van der Waals surface area contributed by atoms with E-state index >= 15 is 0 Å². The van der Waals surface area contributed by atoms with Gasteiger partial charge in [0.05, 0.1) is 0 Å². The summed E-state index contributed by atoms with van der Waals surface area (Å²) in [4.78, 5) is 0. The van der Waals surface area contributed by atoms with Gasteiger partial charge in [-0.25, -0.2) is 0 Å². The summed E-state index contributed by atoms with van der Waals surface area (Å²) >= 11 is 0. The van der Waals surface area contributed by atoms with Crippen LogP contribution in [0.4, 0.5) is 0 Å². The monoisotopic (exact) mass is 265 g/mol. The second-order valence-electron chi connectivity index (χ2n) is 5.86. The van der Waals surface area contributed by atoms with Crippen molar-refractivity contribution in [2.45, 2.75) is 31.7 Å². The summed E-state index contributed by atoms with van der Waals surface area (Å²) in [6.45, 7) is 0. The van der Waals surface area contributed by atoms with Crippen LogP contribution in [0.25, 0.3) is 0 Å². The predicted octanol–water partition coefficient (Wildman–Crippen LogP) is 4.34. The summed E-state index contributed by atoms with van der Waals surface area (Å²) in [6.07, 6.45) is 5.16. The van der Waals surface area contributed by atoms with Crippen molar-refractivity contribution in [3.8, 4) is 0 Å². The minimum absolute atomic E-state index is 0.537. The third-order valence-electron chi connectivity index (χ3n) is 4.52. The van der Waals surface area contributed by atoms with E-state index in [9.17, 15) is 0 Å². The lowest BCUT2D eigenvalue weighted by Gasteiger charge is -2.34. The highest BCUT2D eigenvalue weighted by Gasteiger charge is 2.26. The van der Waals surface area contributed by atoms with E-state index in [1.54, 1.807) is 0 Å². The molecule has 1 heteroatoms. The molecule has 0 saturated heterocycles. The largest absolute Gasteiger partial charge is 0.313 e. The molecule has 1 aliphatic carbocycles. The second kappa shape index (κ2) is 6.23. The molecule has 0 amide bonds. The maximum atomic E-state index is 3.49. The SMILES string of the molecule is CNC(c1ccc(Cc2ccccc2)cc1)C1CCC1. The van der Waals surface area contributed by atoms with Gasteiger partial charge in [-0.05, 0) is 48.9 Å². The van der Waals surface area contributed by atoms with Crippen LogP contribution in [-0.2, 0) is 6.42 Å². The van der Waals surface area contributed by atoms with Crippen LogP contribution in [0, 0.1) is 5.92 Å². The minimum atomic E-state index is 0.537. The molecule has 0 aliphatic heterocycles. The van der Waals surface area contributed by atoms with Gasteiger partial charge in [-0.3, -0.25) is 0 Å². The van der Waals surface area contributed by atoms with Gasteiger partial charge in [0.15, 0.2) is 0 Å². The lowest BCUT2D eigenvalue weighted by atomic mass is 9.77. The van der Waals surface area contributed by atoms with Crippen molar-refractivity contribution in [1.82, 2.24) is 5.32 Å². The van der Waals surface area contributed by atoms with Crippen molar-refractivity contribution < 1.29 is 0 Å². The molecule has 3 rings (SSSR count). The Morgan fingerprint density at radius 1 is 0.950 bits per heavy atom. The molecule has 1 N–H and O–H groups in total. The topological polar surface area (TPSA) is 12.0 Å². The lowest BCUT2D eigenvalue weighted by Crippen LogP contribution is -2.29. The molecule has 1 fully saturated rings. The Hall–Kier alpha value is -1.60. The molecule has 104 valence electrons. The van der Waals surface area contributed by atoms with Gasteiger partial charge in [-0.2, -0.15) is 0 Å². The Kier molecular flexibility index (Phi) is 4.17. The van der Waals surface area contributed by atoms with E-state index in [-0.39, 0.29) is 0 Å². The van der Waals surface area contributed by atoms with E-state index in [2.05, 4.69) is 67.0 Å². The average molecular weight is 265 g/mol. The fourth-order valence-electron chi connectivity index (χ4n) is 3.12. The molecule has 2 aromatic rings. The van der Waals surface area contributed by atoms with E-state index in [0.29, 0.717) is 6.04 Å². The molecule has 0 heterocycles. The zero-order valence-corrected chi connectivity index (χ0v) is 12.2. The van der Waals surface area contributed by atoms with Crippen LogP contribution in [0.3, 0.4) is 0 Å². The quantitative estimate of drug-likeness (QED) is 0.848. The van der Waals surface area contributed by atoms with Gasteiger partial charge in [-0.15, -0.1) is 0 Å². The Morgan fingerprint density at radius 3 is 2.15 bits per heavy atom. The number of hydrogen-bond donors (Lipinski definition) is 1. The zero-order chi connectivity index (χ0) is 13.8. The Labute approximate surface area is 122 Å². The summed E-state index contributed by atoms with van der Waals surface area (Å²) in [7, 11) is 2.08. The number of benzene rings is 2. The maximum absolute atomic E-state index is 3.49. The van der Waals surface area contributed by atoms with Crippen molar-refractivity contribution in [2.75, 3.05) is 7.05 Å². The highest BCUT2D eigenvalue weighted by Crippen LogP contribution is 2.37. The fourth-order valence-corrected chi connectivity index (χ4v) is 3.12. The van der Waals surface area contributed by atoms with E-state index in [1.165, 1.54) is 36.0 Å². The fraction of sp³-hybridized carbons (Fsp3) is 0.368. The summed E-state index contributed by atoms with van der Waals surface area (Å²) in [5.74, 6) is 0.833. The molecule has 0 bridgehead atoms. The molecule has 2 aromatic carbocycles. The van der Waals surface area contributed by atoms with Crippen LogP contribution >= 0.6 is 0 Å². The minimum Gasteiger partial charge on any atom is -0.313 e. The van der Waals surface area contributed by atoms with Crippen molar-refractivity contribution in [3.63, 3.8) is 0 Å². The normalized spacial score (nSPS) is 16.6. The number of nitrogens with one attached hydrogen (secondary N) is 1. The average Bonchev–Trinajstić information content (AvgIpc) is 2.45. The molecule has 1 unspecified atom stereocenters. The van der Waals surface area contributed by atoms with Gasteiger partial charge in [0, 0.05) is 6.04 Å². The van der Waals surface area contributed by atoms with Gasteiger partial charge in [0.1, 0.15) is 0 Å². The summed E-state index contributed by atoms with van der Waals surface area (Å²) in [5.41, 5.74) is 4.21. The molecular weight excluding hydrogens is 242 g/mol. The van der Waals surface area contributed by atoms with Crippen LogP contribution in [-0.4, -0.2) is 7.05 Å². The summed E-state index contributed by atoms with van der Waals surface area (Å²) in [5, 5.41) is 3.49. The standard InChI is InChI=1S/C19H23N/c1-20-19(17-8-5-9-17)18-12-10-16(11-13-18)14-15-6-3-2-4-7-15/h2-4,6-7,10-13,17,19-20H,5,8-9,14H2,1H3. The lowest BCUT2D eigenvalue weighted by molar-refractivity contribution is 0.239. The molecule has 1 saturated carbocycles. The van der Waals surface area contributed by atoms with Gasteiger partial charge in [0.25, 0.3) is 0 Å². The first-order chi connectivity index (χ1) is 9.86. The Bertz CT molecular complexity index is 525. The maximum Gasteiger partial charge on any atom is 0.0346 e. The van der Waals surface area contributed by atoms with Crippen molar-refractivity contribution >= 4 is 0 Å². The number of rotatable bonds is 5. The first-order valence-electron chi connectivity index (χ1n) is 7.67. The number of hydrogen-bond acceptors (Lipinski definition) is 1. The highest BCUT2D eigenvalue weighted by atomic mass is 14.9. The third-order valence-corrected chi connectivity index (χ3v) is 4.52. The molecule has 0 aromatic heterocycles. The Balaban J connectivity index is 1.70. The van der Waals surface area contributed by atoms with Gasteiger partial charge >= 0.3 is 0 Å². The summed E-state index contributed by atoms with van der Waals surface area (Å²) in [6, 6.07) is 20.4.